The lowest BCUT2D eigenvalue weighted by atomic mass is 9.79. The van der Waals surface area contributed by atoms with Gasteiger partial charge in [-0.2, -0.15) is 0 Å². The van der Waals surface area contributed by atoms with Crippen molar-refractivity contribution in [1.82, 2.24) is 0 Å². The first kappa shape index (κ1) is 17.1. The number of carbonyl (C=O) groups is 2. The monoisotopic (exact) mass is 322 g/mol. The number of aliphatic carboxylic acids is 1. The Balaban J connectivity index is 1.99. The molecule has 1 aliphatic carbocycles. The molecule has 2 atom stereocenters. The summed E-state index contributed by atoms with van der Waals surface area (Å²) in [5.74, 6) is -2.32. The van der Waals surface area contributed by atoms with Crippen LogP contribution in [0.15, 0.2) is 36.4 Å². The van der Waals surface area contributed by atoms with Gasteiger partial charge < -0.3 is 25.2 Å². The molecule has 0 amide bonds. The molecular weight excluding hydrogens is 304 g/mol. The predicted octanol–water partition coefficient (Wildman–Crippen LogP) is -0.0571. The predicted molar refractivity (Wildman–Crippen MR) is 79.2 cm³/mol. The molecule has 1 saturated carbocycles. The average molecular weight is 322 g/mol. The van der Waals surface area contributed by atoms with Crippen LogP contribution < -0.4 is 0 Å². The topological polar surface area (TPSA) is 124 Å². The van der Waals surface area contributed by atoms with Crippen molar-refractivity contribution in [2.75, 3.05) is 0 Å². The Morgan fingerprint density at radius 1 is 1.13 bits per heavy atom. The quantitative estimate of drug-likeness (QED) is 0.452. The molecule has 1 aliphatic rings. The Morgan fingerprint density at radius 2 is 1.70 bits per heavy atom. The largest absolute Gasteiger partial charge is 0.479 e. The third-order valence-electron chi connectivity index (χ3n) is 3.71. The van der Waals surface area contributed by atoms with Gasteiger partial charge in [0.05, 0.1) is 12.2 Å². The molecule has 0 spiro atoms. The summed E-state index contributed by atoms with van der Waals surface area (Å²) in [5, 5.41) is 38.5. The summed E-state index contributed by atoms with van der Waals surface area (Å²) in [6.07, 6.45) is -2.64. The number of aliphatic hydroxyl groups is 3. The van der Waals surface area contributed by atoms with E-state index in [4.69, 9.17) is 9.84 Å². The Hall–Kier alpha value is -2.22. The number of hydrogen-bond donors (Lipinski definition) is 4. The van der Waals surface area contributed by atoms with Crippen LogP contribution in [0.5, 0.6) is 0 Å². The van der Waals surface area contributed by atoms with Crippen molar-refractivity contribution in [3.8, 4) is 0 Å². The molecule has 0 bridgehead atoms. The molecule has 0 radical (unpaired) electrons. The minimum atomic E-state index is -2.23. The number of rotatable bonds is 4. The van der Waals surface area contributed by atoms with E-state index in [1.807, 2.05) is 6.07 Å². The maximum absolute atomic E-state index is 11.8. The van der Waals surface area contributed by atoms with Crippen LogP contribution >= 0.6 is 0 Å². The fourth-order valence-corrected chi connectivity index (χ4v) is 2.50. The zero-order valence-corrected chi connectivity index (χ0v) is 12.2. The number of ether oxygens (including phenoxy) is 1. The molecule has 1 fully saturated rings. The van der Waals surface area contributed by atoms with Crippen molar-refractivity contribution in [3.05, 3.63) is 42.0 Å². The Labute approximate surface area is 132 Å². The lowest BCUT2D eigenvalue weighted by Crippen LogP contribution is -2.57. The summed E-state index contributed by atoms with van der Waals surface area (Å²) in [6.45, 7) is 0. The maximum Gasteiger partial charge on any atom is 0.335 e. The van der Waals surface area contributed by atoms with E-state index in [0.29, 0.717) is 0 Å². The molecular formula is C16H18O7. The number of aliphatic hydroxyl groups excluding tert-OH is 2. The lowest BCUT2D eigenvalue weighted by Gasteiger charge is -2.39. The highest BCUT2D eigenvalue weighted by Gasteiger charge is 2.50. The molecule has 1 aromatic carbocycles. The van der Waals surface area contributed by atoms with Gasteiger partial charge in [-0.3, -0.25) is 0 Å². The summed E-state index contributed by atoms with van der Waals surface area (Å²) in [4.78, 5) is 22.7. The summed E-state index contributed by atoms with van der Waals surface area (Å²) in [6, 6.07) is 8.98. The zero-order valence-electron chi connectivity index (χ0n) is 12.2. The van der Waals surface area contributed by atoms with Crippen LogP contribution in [0.4, 0.5) is 0 Å². The van der Waals surface area contributed by atoms with Crippen molar-refractivity contribution in [3.63, 3.8) is 0 Å². The number of hydrogen-bond acceptors (Lipinski definition) is 6. The van der Waals surface area contributed by atoms with Gasteiger partial charge in [-0.1, -0.05) is 30.3 Å². The molecule has 23 heavy (non-hydrogen) atoms. The highest BCUT2D eigenvalue weighted by atomic mass is 16.6. The molecule has 2 unspecified atom stereocenters. The first-order valence-corrected chi connectivity index (χ1v) is 7.07. The van der Waals surface area contributed by atoms with Crippen molar-refractivity contribution < 1.29 is 34.8 Å². The van der Waals surface area contributed by atoms with Crippen LogP contribution in [-0.2, 0) is 14.3 Å². The van der Waals surface area contributed by atoms with Crippen LogP contribution in [0.3, 0.4) is 0 Å². The normalized spacial score (nSPS) is 31.0. The van der Waals surface area contributed by atoms with Gasteiger partial charge >= 0.3 is 11.9 Å². The zero-order chi connectivity index (χ0) is 17.0. The first-order chi connectivity index (χ1) is 10.8. The van der Waals surface area contributed by atoms with Gasteiger partial charge in [-0.15, -0.1) is 0 Å². The van der Waals surface area contributed by atoms with Gasteiger partial charge in [-0.05, 0) is 11.6 Å². The Morgan fingerprint density at radius 3 is 2.22 bits per heavy atom. The van der Waals surface area contributed by atoms with E-state index in [1.165, 1.54) is 6.08 Å². The van der Waals surface area contributed by atoms with E-state index in [9.17, 15) is 24.9 Å². The van der Waals surface area contributed by atoms with Crippen LogP contribution in [-0.4, -0.2) is 56.3 Å². The summed E-state index contributed by atoms with van der Waals surface area (Å²) < 4.78 is 4.98. The summed E-state index contributed by atoms with van der Waals surface area (Å²) in [5.41, 5.74) is -1.46. The van der Waals surface area contributed by atoms with E-state index in [0.717, 1.165) is 11.6 Å². The minimum absolute atomic E-state index is 0.528. The molecule has 4 N–H and O–H groups in total. The molecule has 7 heteroatoms. The maximum atomic E-state index is 11.8. The van der Waals surface area contributed by atoms with Crippen molar-refractivity contribution in [1.29, 1.82) is 0 Å². The number of carbonyl (C=O) groups excluding carboxylic acids is 1. The van der Waals surface area contributed by atoms with Gasteiger partial charge in [0.2, 0.25) is 0 Å². The fourth-order valence-electron chi connectivity index (χ4n) is 2.50. The van der Waals surface area contributed by atoms with E-state index in [-0.39, 0.29) is 0 Å². The van der Waals surface area contributed by atoms with E-state index >= 15 is 0 Å². The minimum Gasteiger partial charge on any atom is -0.479 e. The van der Waals surface area contributed by atoms with Gasteiger partial charge in [0, 0.05) is 18.9 Å². The fraction of sp³-hybridized carbons (Fsp3) is 0.375. The van der Waals surface area contributed by atoms with E-state index < -0.39 is 48.7 Å². The Bertz CT molecular complexity index is 584. The molecule has 2 rings (SSSR count). The molecule has 0 saturated heterocycles. The number of carboxylic acid groups (broad SMARTS) is 1. The standard InChI is InChI=1S/C16H18O7/c17-11-8-16(22,15(20)21)9-12(18)14(11)23-13(19)7-6-10-4-2-1-3-5-10/h1-7,11-12,14,17-18,22H,8-9H2,(H,20,21)/b7-6+. The number of benzene rings is 1. The van der Waals surface area contributed by atoms with E-state index in [2.05, 4.69) is 0 Å². The second-order valence-corrected chi connectivity index (χ2v) is 5.53. The van der Waals surface area contributed by atoms with Gasteiger partial charge in [-0.25, -0.2) is 9.59 Å². The molecule has 7 nitrogen and oxygen atoms in total. The number of carboxylic acids is 1. The third kappa shape index (κ3) is 4.16. The highest BCUT2D eigenvalue weighted by molar-refractivity contribution is 5.87. The van der Waals surface area contributed by atoms with E-state index in [1.54, 1.807) is 24.3 Å². The van der Waals surface area contributed by atoms with Crippen LogP contribution in [0, 0.1) is 0 Å². The smallest absolute Gasteiger partial charge is 0.335 e. The lowest BCUT2D eigenvalue weighted by molar-refractivity contribution is -0.196. The first-order valence-electron chi connectivity index (χ1n) is 7.07. The molecule has 0 aliphatic heterocycles. The molecule has 1 aromatic rings. The van der Waals surface area contributed by atoms with Crippen molar-refractivity contribution in [2.45, 2.75) is 36.8 Å². The second kappa shape index (κ2) is 6.91. The molecule has 0 aromatic heterocycles. The van der Waals surface area contributed by atoms with Crippen LogP contribution in [0.1, 0.15) is 18.4 Å². The summed E-state index contributed by atoms with van der Waals surface area (Å²) in [7, 11) is 0. The molecule has 124 valence electrons. The van der Waals surface area contributed by atoms with Crippen LogP contribution in [0.2, 0.25) is 0 Å². The second-order valence-electron chi connectivity index (χ2n) is 5.53. The average Bonchev–Trinajstić information content (AvgIpc) is 2.50. The van der Waals surface area contributed by atoms with Crippen LogP contribution in [0.25, 0.3) is 6.08 Å². The molecule has 0 heterocycles. The van der Waals surface area contributed by atoms with Gasteiger partial charge in [0.1, 0.15) is 0 Å². The van der Waals surface area contributed by atoms with Gasteiger partial charge in [0.25, 0.3) is 0 Å². The SMILES string of the molecule is O=C(/C=C/c1ccccc1)OC1C(O)CC(O)(C(=O)O)CC1O. The van der Waals surface area contributed by atoms with Gasteiger partial charge in [0.15, 0.2) is 11.7 Å². The summed E-state index contributed by atoms with van der Waals surface area (Å²) >= 11 is 0. The Kier molecular flexibility index (Phi) is 5.15. The third-order valence-corrected chi connectivity index (χ3v) is 3.71. The number of esters is 1. The van der Waals surface area contributed by atoms with Crippen molar-refractivity contribution >= 4 is 18.0 Å². The highest BCUT2D eigenvalue weighted by Crippen LogP contribution is 2.31. The van der Waals surface area contributed by atoms with Crippen molar-refractivity contribution in [2.24, 2.45) is 0 Å².